The topological polar surface area (TPSA) is 62.5 Å². The van der Waals surface area contributed by atoms with Gasteiger partial charge in [0.1, 0.15) is 0 Å². The van der Waals surface area contributed by atoms with Gasteiger partial charge in [0.2, 0.25) is 17.7 Å². The van der Waals surface area contributed by atoms with Gasteiger partial charge in [0.05, 0.1) is 0 Å². The van der Waals surface area contributed by atoms with E-state index in [-0.39, 0.29) is 17.9 Å². The van der Waals surface area contributed by atoms with Crippen molar-refractivity contribution in [2.75, 3.05) is 20.1 Å². The number of carbonyl (C=O) groups excluding carboxylic acids is 1. The van der Waals surface area contributed by atoms with Crippen LogP contribution in [0.25, 0.3) is 0 Å². The van der Waals surface area contributed by atoms with E-state index in [2.05, 4.69) is 36.0 Å². The van der Waals surface area contributed by atoms with Crippen molar-refractivity contribution in [3.63, 3.8) is 0 Å². The fraction of sp³-hybridized carbons (Fsp3) is 0.800. The molecular weight excluding hydrogens is 268 g/mol. The third-order valence-electron chi connectivity index (χ3n) is 4.15. The lowest BCUT2D eigenvalue weighted by Crippen LogP contribution is -2.56. The standard InChI is InChI=1S/C15H26N4O2/c1-10(2)15-17-16-13(21-15)6-7-14(20)19-9-11(3)18(5)8-12(19)4/h10-12H,6-9H2,1-5H3. The molecule has 6 nitrogen and oxygen atoms in total. The van der Waals surface area contributed by atoms with Gasteiger partial charge in [-0.15, -0.1) is 10.2 Å². The molecule has 118 valence electrons. The van der Waals surface area contributed by atoms with Gasteiger partial charge in [-0.3, -0.25) is 9.69 Å². The highest BCUT2D eigenvalue weighted by atomic mass is 16.4. The zero-order chi connectivity index (χ0) is 15.6. The molecule has 1 fully saturated rings. The smallest absolute Gasteiger partial charge is 0.223 e. The van der Waals surface area contributed by atoms with Crippen LogP contribution < -0.4 is 0 Å². The van der Waals surface area contributed by atoms with E-state index in [0.29, 0.717) is 30.7 Å². The molecule has 0 N–H and O–H groups in total. The van der Waals surface area contributed by atoms with Gasteiger partial charge in [-0.05, 0) is 20.9 Å². The highest BCUT2D eigenvalue weighted by Gasteiger charge is 2.29. The number of aryl methyl sites for hydroxylation is 1. The van der Waals surface area contributed by atoms with Crippen LogP contribution in [0.2, 0.25) is 0 Å². The number of piperazine rings is 1. The number of hydrogen-bond acceptors (Lipinski definition) is 5. The molecule has 0 bridgehead atoms. The number of carbonyl (C=O) groups is 1. The maximum atomic E-state index is 12.4. The Kier molecular flexibility index (Phi) is 4.98. The molecule has 1 aliphatic rings. The summed E-state index contributed by atoms with van der Waals surface area (Å²) in [6, 6.07) is 0.661. The van der Waals surface area contributed by atoms with Crippen LogP contribution in [0, 0.1) is 0 Å². The molecule has 6 heteroatoms. The predicted octanol–water partition coefficient (Wildman–Crippen LogP) is 1.68. The summed E-state index contributed by atoms with van der Waals surface area (Å²) >= 11 is 0. The van der Waals surface area contributed by atoms with E-state index in [0.717, 1.165) is 13.1 Å². The zero-order valence-corrected chi connectivity index (χ0v) is 13.7. The van der Waals surface area contributed by atoms with E-state index in [1.165, 1.54) is 0 Å². The first-order chi connectivity index (χ1) is 9.88. The summed E-state index contributed by atoms with van der Waals surface area (Å²) in [5.74, 6) is 1.59. The number of rotatable bonds is 4. The SMILES string of the molecule is CC(C)c1nnc(CCC(=O)N2CC(C)N(C)CC2C)o1. The van der Waals surface area contributed by atoms with Crippen molar-refractivity contribution < 1.29 is 9.21 Å². The van der Waals surface area contributed by atoms with Gasteiger partial charge in [0.15, 0.2) is 0 Å². The van der Waals surface area contributed by atoms with E-state index < -0.39 is 0 Å². The maximum Gasteiger partial charge on any atom is 0.223 e. The maximum absolute atomic E-state index is 12.4. The van der Waals surface area contributed by atoms with E-state index in [1.54, 1.807) is 0 Å². The Labute approximate surface area is 126 Å². The van der Waals surface area contributed by atoms with Gasteiger partial charge in [0.25, 0.3) is 0 Å². The summed E-state index contributed by atoms with van der Waals surface area (Å²) in [7, 11) is 2.11. The van der Waals surface area contributed by atoms with Gasteiger partial charge in [-0.25, -0.2) is 0 Å². The molecule has 0 aliphatic carbocycles. The summed E-state index contributed by atoms with van der Waals surface area (Å²) in [4.78, 5) is 16.7. The molecule has 1 aliphatic heterocycles. The minimum Gasteiger partial charge on any atom is -0.425 e. The van der Waals surface area contributed by atoms with Crippen LogP contribution >= 0.6 is 0 Å². The Morgan fingerprint density at radius 2 is 2.00 bits per heavy atom. The number of hydrogen-bond donors (Lipinski definition) is 0. The second-order valence-electron chi connectivity index (χ2n) is 6.37. The molecule has 1 aromatic heterocycles. The van der Waals surface area contributed by atoms with Crippen LogP contribution in [-0.4, -0.2) is 58.1 Å². The van der Waals surface area contributed by atoms with Crippen molar-refractivity contribution in [3.05, 3.63) is 11.8 Å². The molecule has 21 heavy (non-hydrogen) atoms. The third kappa shape index (κ3) is 3.81. The van der Waals surface area contributed by atoms with E-state index in [1.807, 2.05) is 18.7 Å². The molecule has 1 aromatic rings. The first-order valence-corrected chi connectivity index (χ1v) is 7.70. The largest absolute Gasteiger partial charge is 0.425 e. The van der Waals surface area contributed by atoms with Crippen molar-refractivity contribution in [2.24, 2.45) is 0 Å². The fourth-order valence-corrected chi connectivity index (χ4v) is 2.61. The van der Waals surface area contributed by atoms with Crippen LogP contribution in [0.4, 0.5) is 0 Å². The number of aromatic nitrogens is 2. The molecule has 2 atom stereocenters. The molecule has 1 amide bonds. The Balaban J connectivity index is 1.89. The normalized spacial score (nSPS) is 23.8. The van der Waals surface area contributed by atoms with Crippen LogP contribution in [0.1, 0.15) is 51.8 Å². The first-order valence-electron chi connectivity index (χ1n) is 7.70. The molecule has 0 radical (unpaired) electrons. The Morgan fingerprint density at radius 3 is 2.62 bits per heavy atom. The summed E-state index contributed by atoms with van der Waals surface area (Å²) in [5.41, 5.74) is 0. The average molecular weight is 294 g/mol. The predicted molar refractivity (Wildman–Crippen MR) is 80.0 cm³/mol. The highest BCUT2D eigenvalue weighted by molar-refractivity contribution is 5.76. The monoisotopic (exact) mass is 294 g/mol. The lowest BCUT2D eigenvalue weighted by Gasteiger charge is -2.42. The molecule has 2 rings (SSSR count). The summed E-state index contributed by atoms with van der Waals surface area (Å²) < 4.78 is 5.55. The minimum absolute atomic E-state index is 0.173. The number of amides is 1. The van der Waals surface area contributed by atoms with Crippen molar-refractivity contribution in [1.29, 1.82) is 0 Å². The van der Waals surface area contributed by atoms with Gasteiger partial charge in [-0.2, -0.15) is 0 Å². The van der Waals surface area contributed by atoms with Crippen molar-refractivity contribution in [3.8, 4) is 0 Å². The molecular formula is C15H26N4O2. The van der Waals surface area contributed by atoms with Crippen LogP contribution in [-0.2, 0) is 11.2 Å². The fourth-order valence-electron chi connectivity index (χ4n) is 2.61. The Bertz CT molecular complexity index is 486. The van der Waals surface area contributed by atoms with E-state index in [9.17, 15) is 4.79 Å². The van der Waals surface area contributed by atoms with Crippen molar-refractivity contribution in [2.45, 2.75) is 58.5 Å². The summed E-state index contributed by atoms with van der Waals surface area (Å²) in [6.45, 7) is 9.98. The van der Waals surface area contributed by atoms with Gasteiger partial charge < -0.3 is 9.32 Å². The van der Waals surface area contributed by atoms with Gasteiger partial charge >= 0.3 is 0 Å². The summed E-state index contributed by atoms with van der Waals surface area (Å²) in [6.07, 6.45) is 0.951. The molecule has 0 aromatic carbocycles. The van der Waals surface area contributed by atoms with Gasteiger partial charge in [-0.1, -0.05) is 13.8 Å². The van der Waals surface area contributed by atoms with Crippen LogP contribution in [0.15, 0.2) is 4.42 Å². The zero-order valence-electron chi connectivity index (χ0n) is 13.7. The van der Waals surface area contributed by atoms with Gasteiger partial charge in [0, 0.05) is 43.9 Å². The first kappa shape index (κ1) is 15.9. The molecule has 1 saturated heterocycles. The highest BCUT2D eigenvalue weighted by Crippen LogP contribution is 2.16. The Morgan fingerprint density at radius 1 is 1.29 bits per heavy atom. The molecule has 0 spiro atoms. The van der Waals surface area contributed by atoms with E-state index >= 15 is 0 Å². The second kappa shape index (κ2) is 6.56. The van der Waals surface area contributed by atoms with Crippen molar-refractivity contribution in [1.82, 2.24) is 20.0 Å². The number of nitrogens with zero attached hydrogens (tertiary/aromatic N) is 4. The van der Waals surface area contributed by atoms with E-state index in [4.69, 9.17) is 4.42 Å². The third-order valence-corrected chi connectivity index (χ3v) is 4.15. The lowest BCUT2D eigenvalue weighted by molar-refractivity contribution is -0.136. The molecule has 2 unspecified atom stereocenters. The van der Waals surface area contributed by atoms with Crippen molar-refractivity contribution >= 4 is 5.91 Å². The summed E-state index contributed by atoms with van der Waals surface area (Å²) in [5, 5.41) is 8.00. The molecule has 2 heterocycles. The average Bonchev–Trinajstić information content (AvgIpc) is 2.89. The van der Waals surface area contributed by atoms with Crippen LogP contribution in [0.3, 0.4) is 0 Å². The van der Waals surface area contributed by atoms with Crippen LogP contribution in [0.5, 0.6) is 0 Å². The second-order valence-corrected chi connectivity index (χ2v) is 6.37. The molecule has 0 saturated carbocycles. The Hall–Kier alpha value is -1.43. The number of likely N-dealkylation sites (N-methyl/N-ethyl adjacent to an activating group) is 1. The lowest BCUT2D eigenvalue weighted by atomic mass is 10.1. The minimum atomic E-state index is 0.173. The quantitative estimate of drug-likeness (QED) is 0.845.